The van der Waals surface area contributed by atoms with Crippen molar-refractivity contribution in [2.75, 3.05) is 26.2 Å². The number of carbonyl (C=O) groups is 3. The van der Waals surface area contributed by atoms with Gasteiger partial charge in [-0.25, -0.2) is 4.79 Å². The fourth-order valence-electron chi connectivity index (χ4n) is 3.15. The van der Waals surface area contributed by atoms with Gasteiger partial charge >= 0.3 is 6.09 Å². The number of carbonyl (C=O) groups excluding carboxylic acids is 3. The summed E-state index contributed by atoms with van der Waals surface area (Å²) in [6.45, 7) is 2.57. The van der Waals surface area contributed by atoms with E-state index >= 15 is 0 Å². The minimum atomic E-state index is -0.543. The van der Waals surface area contributed by atoms with Crippen molar-refractivity contribution >= 4 is 17.9 Å². The van der Waals surface area contributed by atoms with Gasteiger partial charge < -0.3 is 26.0 Å². The van der Waals surface area contributed by atoms with Gasteiger partial charge in [-0.15, -0.1) is 0 Å². The molecule has 1 aromatic carbocycles. The van der Waals surface area contributed by atoms with Gasteiger partial charge in [0.1, 0.15) is 6.61 Å². The van der Waals surface area contributed by atoms with Crippen molar-refractivity contribution < 1.29 is 19.1 Å². The summed E-state index contributed by atoms with van der Waals surface area (Å²) >= 11 is 0. The Hall–Kier alpha value is -2.61. The first kappa shape index (κ1) is 22.7. The van der Waals surface area contributed by atoms with Crippen LogP contribution in [-0.4, -0.2) is 55.0 Å². The lowest BCUT2D eigenvalue weighted by Crippen LogP contribution is -2.42. The molecule has 1 atom stereocenters. The molecule has 4 N–H and O–H groups in total. The van der Waals surface area contributed by atoms with Crippen LogP contribution in [0.3, 0.4) is 0 Å². The molecule has 0 aliphatic carbocycles. The second-order valence-electron chi connectivity index (χ2n) is 7.22. The Morgan fingerprint density at radius 3 is 2.48 bits per heavy atom. The smallest absolute Gasteiger partial charge is 0.407 e. The number of amides is 3. The van der Waals surface area contributed by atoms with Crippen LogP contribution in [-0.2, 0) is 20.9 Å². The Kier molecular flexibility index (Phi) is 9.99. The van der Waals surface area contributed by atoms with Crippen LogP contribution in [0.25, 0.3) is 0 Å². The van der Waals surface area contributed by atoms with Gasteiger partial charge in [0.25, 0.3) is 0 Å². The van der Waals surface area contributed by atoms with E-state index in [1.807, 2.05) is 35.2 Å². The van der Waals surface area contributed by atoms with Crippen LogP contribution in [0.4, 0.5) is 4.79 Å². The molecule has 0 bridgehead atoms. The Morgan fingerprint density at radius 2 is 1.76 bits per heavy atom. The van der Waals surface area contributed by atoms with E-state index in [1.54, 1.807) is 0 Å². The highest BCUT2D eigenvalue weighted by Crippen LogP contribution is 2.10. The van der Waals surface area contributed by atoms with E-state index in [2.05, 4.69) is 10.6 Å². The van der Waals surface area contributed by atoms with Crippen LogP contribution in [0.5, 0.6) is 0 Å². The first-order valence-electron chi connectivity index (χ1n) is 10.3. The number of unbranched alkanes of at least 4 members (excludes halogenated alkanes) is 1. The van der Waals surface area contributed by atoms with Gasteiger partial charge in [0, 0.05) is 32.6 Å². The predicted octanol–water partition coefficient (Wildman–Crippen LogP) is 1.54. The fraction of sp³-hybridized carbons (Fsp3) is 0.571. The average Bonchev–Trinajstić information content (AvgIpc) is 3.27. The highest BCUT2D eigenvalue weighted by molar-refractivity contribution is 5.81. The Bertz CT molecular complexity index is 647. The normalized spacial score (nSPS) is 14.3. The molecule has 2 rings (SSSR count). The highest BCUT2D eigenvalue weighted by atomic mass is 16.5. The van der Waals surface area contributed by atoms with Crippen LogP contribution in [0, 0.1) is 0 Å². The zero-order valence-corrected chi connectivity index (χ0v) is 16.9. The van der Waals surface area contributed by atoms with Crippen molar-refractivity contribution in [1.29, 1.82) is 0 Å². The average molecular weight is 405 g/mol. The molecule has 1 saturated heterocycles. The summed E-state index contributed by atoms with van der Waals surface area (Å²) in [5.41, 5.74) is 6.87. The van der Waals surface area contributed by atoms with E-state index in [-0.39, 0.29) is 31.4 Å². The number of ether oxygens (including phenoxy) is 1. The van der Waals surface area contributed by atoms with Gasteiger partial charge in [-0.05, 0) is 37.7 Å². The molecule has 3 amide bonds. The van der Waals surface area contributed by atoms with Gasteiger partial charge in [-0.3, -0.25) is 9.59 Å². The first-order chi connectivity index (χ1) is 14.1. The lowest BCUT2D eigenvalue weighted by Gasteiger charge is -2.20. The summed E-state index contributed by atoms with van der Waals surface area (Å²) in [5, 5.41) is 5.36. The Labute approximate surface area is 172 Å². The second kappa shape index (κ2) is 12.8. The van der Waals surface area contributed by atoms with Crippen LogP contribution in [0.2, 0.25) is 0 Å². The molecular formula is C21H32N4O4. The quantitative estimate of drug-likeness (QED) is 0.484. The SMILES string of the molecule is N[C@@H](CCCCNC(=O)CCNC(=O)OCc1ccccc1)C(=O)N1CCCC1. The number of nitrogens with one attached hydrogen (secondary N) is 2. The molecule has 29 heavy (non-hydrogen) atoms. The molecule has 1 heterocycles. The van der Waals surface area contributed by atoms with Crippen molar-refractivity contribution in [3.63, 3.8) is 0 Å². The first-order valence-corrected chi connectivity index (χ1v) is 10.3. The molecule has 1 fully saturated rings. The summed E-state index contributed by atoms with van der Waals surface area (Å²) in [4.78, 5) is 37.3. The summed E-state index contributed by atoms with van der Waals surface area (Å²) < 4.78 is 5.08. The van der Waals surface area contributed by atoms with E-state index in [0.29, 0.717) is 13.0 Å². The second-order valence-corrected chi connectivity index (χ2v) is 7.22. The molecule has 0 spiro atoms. The van der Waals surface area contributed by atoms with E-state index in [4.69, 9.17) is 10.5 Å². The molecule has 0 saturated carbocycles. The maximum absolute atomic E-state index is 12.1. The summed E-state index contributed by atoms with van der Waals surface area (Å²) in [6.07, 6.45) is 3.93. The molecule has 1 aliphatic heterocycles. The van der Waals surface area contributed by atoms with Gasteiger partial charge in [0.2, 0.25) is 11.8 Å². The predicted molar refractivity (Wildman–Crippen MR) is 110 cm³/mol. The zero-order valence-electron chi connectivity index (χ0n) is 16.9. The van der Waals surface area contributed by atoms with Crippen molar-refractivity contribution in [2.24, 2.45) is 5.73 Å². The van der Waals surface area contributed by atoms with E-state index in [9.17, 15) is 14.4 Å². The third-order valence-corrected chi connectivity index (χ3v) is 4.83. The monoisotopic (exact) mass is 404 g/mol. The molecule has 1 aromatic rings. The lowest BCUT2D eigenvalue weighted by atomic mass is 10.1. The van der Waals surface area contributed by atoms with Crippen molar-refractivity contribution in [3.8, 4) is 0 Å². The number of likely N-dealkylation sites (tertiary alicyclic amines) is 1. The summed E-state index contributed by atoms with van der Waals surface area (Å²) in [5.74, 6) is -0.0949. The lowest BCUT2D eigenvalue weighted by molar-refractivity contribution is -0.131. The minimum Gasteiger partial charge on any atom is -0.445 e. The Morgan fingerprint density at radius 1 is 1.03 bits per heavy atom. The number of alkyl carbamates (subject to hydrolysis) is 1. The van der Waals surface area contributed by atoms with Gasteiger partial charge in [-0.2, -0.15) is 0 Å². The van der Waals surface area contributed by atoms with Crippen molar-refractivity contribution in [3.05, 3.63) is 35.9 Å². The number of rotatable bonds is 11. The van der Waals surface area contributed by atoms with Gasteiger partial charge in [0.05, 0.1) is 6.04 Å². The maximum atomic E-state index is 12.1. The van der Waals surface area contributed by atoms with Crippen molar-refractivity contribution in [1.82, 2.24) is 15.5 Å². The largest absolute Gasteiger partial charge is 0.445 e. The number of hydrogen-bond acceptors (Lipinski definition) is 5. The van der Waals surface area contributed by atoms with Crippen molar-refractivity contribution in [2.45, 2.75) is 51.2 Å². The molecule has 8 nitrogen and oxygen atoms in total. The molecule has 160 valence electrons. The Balaban J connectivity index is 1.45. The maximum Gasteiger partial charge on any atom is 0.407 e. The standard InChI is InChI=1S/C21H32N4O4/c22-18(20(27)25-14-6-7-15-25)10-4-5-12-23-19(26)11-13-24-21(28)29-16-17-8-2-1-3-9-17/h1-3,8-9,18H,4-7,10-16,22H2,(H,23,26)(H,24,28)/t18-/m0/s1. The molecule has 0 aromatic heterocycles. The third-order valence-electron chi connectivity index (χ3n) is 4.83. The van der Waals surface area contributed by atoms with E-state index in [0.717, 1.165) is 44.3 Å². The van der Waals surface area contributed by atoms with Crippen LogP contribution < -0.4 is 16.4 Å². The zero-order chi connectivity index (χ0) is 20.9. The van der Waals surface area contributed by atoms with Crippen LogP contribution in [0.15, 0.2) is 30.3 Å². The van der Waals surface area contributed by atoms with Crippen LogP contribution in [0.1, 0.15) is 44.1 Å². The molecule has 8 heteroatoms. The highest BCUT2D eigenvalue weighted by Gasteiger charge is 2.22. The molecule has 1 aliphatic rings. The number of nitrogens with two attached hydrogens (primary N) is 1. The molecular weight excluding hydrogens is 372 g/mol. The topological polar surface area (TPSA) is 114 Å². The number of benzene rings is 1. The molecule has 0 radical (unpaired) electrons. The summed E-state index contributed by atoms with van der Waals surface area (Å²) in [6, 6.07) is 8.94. The molecule has 0 unspecified atom stereocenters. The number of nitrogens with zero attached hydrogens (tertiary/aromatic N) is 1. The third kappa shape index (κ3) is 8.95. The van der Waals surface area contributed by atoms with Gasteiger partial charge in [-0.1, -0.05) is 30.3 Å². The van der Waals surface area contributed by atoms with E-state index < -0.39 is 12.1 Å². The minimum absolute atomic E-state index is 0.0387. The van der Waals surface area contributed by atoms with E-state index in [1.165, 1.54) is 0 Å². The van der Waals surface area contributed by atoms with Crippen LogP contribution >= 0.6 is 0 Å². The summed E-state index contributed by atoms with van der Waals surface area (Å²) in [7, 11) is 0. The fourth-order valence-corrected chi connectivity index (χ4v) is 3.15. The van der Waals surface area contributed by atoms with Gasteiger partial charge in [0.15, 0.2) is 0 Å². The number of hydrogen-bond donors (Lipinski definition) is 3.